The van der Waals surface area contributed by atoms with Crippen LogP contribution in [0.25, 0.3) is 0 Å². The third kappa shape index (κ3) is 17.0. The molecule has 0 spiro atoms. The lowest BCUT2D eigenvalue weighted by Gasteiger charge is -2.21. The van der Waals surface area contributed by atoms with Crippen LogP contribution in [-0.2, 0) is 33.4 Å². The predicted molar refractivity (Wildman–Crippen MR) is 121 cm³/mol. The Kier molecular flexibility index (Phi) is 17.1. The van der Waals surface area contributed by atoms with Gasteiger partial charge in [0.1, 0.15) is 18.3 Å². The van der Waals surface area contributed by atoms with Crippen molar-refractivity contribution < 1.29 is 43.6 Å². The molecular weight excluding hydrogens is 432 g/mol. The fourth-order valence-electron chi connectivity index (χ4n) is 3.23. The van der Waals surface area contributed by atoms with Crippen molar-refractivity contribution in [3.8, 4) is 0 Å². The van der Waals surface area contributed by atoms with E-state index in [1.165, 1.54) is 6.92 Å². The van der Waals surface area contributed by atoms with Crippen molar-refractivity contribution in [2.24, 2.45) is 0 Å². The van der Waals surface area contributed by atoms with Crippen molar-refractivity contribution in [3.63, 3.8) is 0 Å². The van der Waals surface area contributed by atoms with Crippen molar-refractivity contribution in [3.05, 3.63) is 0 Å². The lowest BCUT2D eigenvalue weighted by atomic mass is 10.1. The van der Waals surface area contributed by atoms with Crippen LogP contribution in [0.1, 0.15) is 105 Å². The van der Waals surface area contributed by atoms with Crippen molar-refractivity contribution in [2.45, 2.75) is 129 Å². The van der Waals surface area contributed by atoms with E-state index >= 15 is 0 Å². The summed E-state index contributed by atoms with van der Waals surface area (Å²) in [7, 11) is 0. The van der Waals surface area contributed by atoms with E-state index in [2.05, 4.69) is 6.92 Å². The Bertz CT molecular complexity index is 590. The molecule has 0 bridgehead atoms. The number of carboxylic acids is 1. The average molecular weight is 475 g/mol. The minimum Gasteiger partial charge on any atom is -0.481 e. The third-order valence-electron chi connectivity index (χ3n) is 5.06. The topological polar surface area (TPSA) is 136 Å². The minimum atomic E-state index is -1.07. The highest BCUT2D eigenvalue weighted by Crippen LogP contribution is 2.16. The van der Waals surface area contributed by atoms with Gasteiger partial charge in [-0.15, -0.1) is 0 Å². The summed E-state index contributed by atoms with van der Waals surface area (Å²) in [4.78, 5) is 47.3. The fraction of sp³-hybridized carbons (Fsp3) is 0.833. The van der Waals surface area contributed by atoms with Gasteiger partial charge in [-0.2, -0.15) is 0 Å². The molecule has 0 aliphatic rings. The minimum absolute atomic E-state index is 0.112. The third-order valence-corrected chi connectivity index (χ3v) is 5.06. The Hall–Kier alpha value is -2.16. The van der Waals surface area contributed by atoms with Gasteiger partial charge in [0.25, 0.3) is 0 Å². The summed E-state index contributed by atoms with van der Waals surface area (Å²) in [6.45, 7) is 7.27. The highest BCUT2D eigenvalue weighted by atomic mass is 16.6. The molecule has 4 atom stereocenters. The van der Waals surface area contributed by atoms with Crippen molar-refractivity contribution in [1.29, 1.82) is 0 Å². The molecule has 4 unspecified atom stereocenters. The van der Waals surface area contributed by atoms with Gasteiger partial charge in [-0.05, 0) is 26.2 Å². The first-order chi connectivity index (χ1) is 15.6. The number of hydrogen-bond acceptors (Lipinski definition) is 8. The van der Waals surface area contributed by atoms with E-state index in [-0.39, 0.29) is 25.7 Å². The van der Waals surface area contributed by atoms with Gasteiger partial charge in [-0.1, -0.05) is 52.9 Å². The zero-order valence-electron chi connectivity index (χ0n) is 20.5. The van der Waals surface area contributed by atoms with E-state index in [1.807, 2.05) is 6.92 Å². The maximum atomic E-state index is 12.4. The highest BCUT2D eigenvalue weighted by Gasteiger charge is 2.24. The molecule has 33 heavy (non-hydrogen) atoms. The van der Waals surface area contributed by atoms with E-state index < -0.39 is 48.3 Å². The van der Waals surface area contributed by atoms with E-state index in [0.717, 1.165) is 32.1 Å². The van der Waals surface area contributed by atoms with Gasteiger partial charge in [0.05, 0.1) is 31.8 Å². The number of rotatable bonds is 19. The predicted octanol–water partition coefficient (Wildman–Crippen LogP) is 3.93. The van der Waals surface area contributed by atoms with Gasteiger partial charge >= 0.3 is 23.9 Å². The quantitative estimate of drug-likeness (QED) is 0.162. The van der Waals surface area contributed by atoms with Gasteiger partial charge in [-0.25, -0.2) is 0 Å². The summed E-state index contributed by atoms with van der Waals surface area (Å²) in [5.74, 6) is -2.86. The zero-order valence-corrected chi connectivity index (χ0v) is 20.5. The zero-order chi connectivity index (χ0) is 25.2. The Morgan fingerprint density at radius 2 is 1.24 bits per heavy atom. The average Bonchev–Trinajstić information content (AvgIpc) is 2.70. The molecule has 0 radical (unpaired) electrons. The summed E-state index contributed by atoms with van der Waals surface area (Å²) in [6.07, 6.45) is 2.21. The molecule has 9 heteroatoms. The number of hydrogen-bond donors (Lipinski definition) is 2. The second kappa shape index (κ2) is 18.3. The second-order valence-electron chi connectivity index (χ2n) is 8.43. The number of carboxylic acid groups (broad SMARTS) is 1. The van der Waals surface area contributed by atoms with Crippen molar-refractivity contribution >= 4 is 23.9 Å². The number of aliphatic hydroxyl groups excluding tert-OH is 1. The lowest BCUT2D eigenvalue weighted by molar-refractivity contribution is -0.161. The summed E-state index contributed by atoms with van der Waals surface area (Å²) < 4.78 is 15.8. The maximum absolute atomic E-state index is 12.4. The number of esters is 3. The van der Waals surface area contributed by atoms with Crippen LogP contribution in [0.15, 0.2) is 0 Å². The Morgan fingerprint density at radius 3 is 1.82 bits per heavy atom. The van der Waals surface area contributed by atoms with Gasteiger partial charge in [-0.3, -0.25) is 19.2 Å². The first-order valence-electron chi connectivity index (χ1n) is 12.1. The fourth-order valence-corrected chi connectivity index (χ4v) is 3.23. The molecule has 0 heterocycles. The molecule has 0 saturated heterocycles. The summed E-state index contributed by atoms with van der Waals surface area (Å²) >= 11 is 0. The van der Waals surface area contributed by atoms with Crippen LogP contribution >= 0.6 is 0 Å². The number of unbranched alkanes of at least 4 members (excludes halogenated alkanes) is 3. The van der Waals surface area contributed by atoms with Crippen LogP contribution in [-0.4, -0.2) is 58.5 Å². The molecule has 0 aliphatic carbocycles. The largest absolute Gasteiger partial charge is 0.481 e. The number of ether oxygens (including phenoxy) is 3. The molecule has 0 rings (SSSR count). The summed E-state index contributed by atoms with van der Waals surface area (Å²) in [5, 5.41) is 18.7. The molecule has 2 N–H and O–H groups in total. The molecule has 0 fully saturated rings. The van der Waals surface area contributed by atoms with E-state index in [0.29, 0.717) is 19.3 Å². The van der Waals surface area contributed by atoms with Crippen molar-refractivity contribution in [1.82, 2.24) is 0 Å². The molecule has 192 valence electrons. The van der Waals surface area contributed by atoms with Crippen LogP contribution in [0.5, 0.6) is 0 Å². The first kappa shape index (κ1) is 30.8. The molecule has 0 aromatic rings. The van der Waals surface area contributed by atoms with E-state index in [4.69, 9.17) is 19.3 Å². The Labute approximate surface area is 197 Å². The monoisotopic (exact) mass is 474 g/mol. The molecule has 0 aromatic heterocycles. The van der Waals surface area contributed by atoms with Gasteiger partial charge in [0, 0.05) is 0 Å². The molecule has 0 aliphatic heterocycles. The summed E-state index contributed by atoms with van der Waals surface area (Å²) in [6, 6.07) is 0. The second-order valence-corrected chi connectivity index (χ2v) is 8.43. The van der Waals surface area contributed by atoms with E-state index in [9.17, 15) is 24.3 Å². The van der Waals surface area contributed by atoms with Crippen LogP contribution in [0, 0.1) is 0 Å². The van der Waals surface area contributed by atoms with Crippen LogP contribution < -0.4 is 0 Å². The molecular formula is C24H42O9. The molecule has 9 nitrogen and oxygen atoms in total. The van der Waals surface area contributed by atoms with Crippen LogP contribution in [0.4, 0.5) is 0 Å². The van der Waals surface area contributed by atoms with Gasteiger partial charge < -0.3 is 24.4 Å². The van der Waals surface area contributed by atoms with Gasteiger partial charge in [0.15, 0.2) is 0 Å². The van der Waals surface area contributed by atoms with Gasteiger partial charge in [0.2, 0.25) is 0 Å². The van der Waals surface area contributed by atoms with E-state index in [1.54, 1.807) is 6.92 Å². The lowest BCUT2D eigenvalue weighted by Crippen LogP contribution is -2.29. The number of carbonyl (C=O) groups is 4. The number of aliphatic carboxylic acids is 1. The number of aliphatic hydroxyl groups is 1. The number of carbonyl (C=O) groups excluding carboxylic acids is 3. The summed E-state index contributed by atoms with van der Waals surface area (Å²) in [5.41, 5.74) is 0. The smallest absolute Gasteiger partial charge is 0.309 e. The SMILES string of the molecule is CCCCCC(O)CC(=O)OC(CCCC)CC(=O)OC(CC)CC(=O)OC(C)CC(=O)O. The molecule has 0 amide bonds. The molecule has 0 saturated carbocycles. The normalized spacial score (nSPS) is 14.6. The van der Waals surface area contributed by atoms with Crippen LogP contribution in [0.2, 0.25) is 0 Å². The Morgan fingerprint density at radius 1 is 0.697 bits per heavy atom. The first-order valence-corrected chi connectivity index (χ1v) is 12.1. The molecule has 0 aromatic carbocycles. The Balaban J connectivity index is 4.67. The standard InChI is InChI=1S/C24H42O9/c1-5-8-10-11-18(25)14-22(28)33-20(12-9-6-2)16-24(30)32-19(7-3)15-23(29)31-17(4)13-21(26)27/h17-20,25H,5-16H2,1-4H3,(H,26,27). The highest BCUT2D eigenvalue weighted by molar-refractivity contribution is 5.74. The van der Waals surface area contributed by atoms with Crippen LogP contribution in [0.3, 0.4) is 0 Å². The maximum Gasteiger partial charge on any atom is 0.309 e. The van der Waals surface area contributed by atoms with Crippen molar-refractivity contribution in [2.75, 3.05) is 0 Å².